The summed E-state index contributed by atoms with van der Waals surface area (Å²) in [7, 11) is 0. The number of benzene rings is 1. The van der Waals surface area contributed by atoms with Gasteiger partial charge in [0.05, 0.1) is 5.69 Å². The van der Waals surface area contributed by atoms with E-state index in [0.717, 1.165) is 28.6 Å². The quantitative estimate of drug-likeness (QED) is 0.829. The van der Waals surface area contributed by atoms with Gasteiger partial charge < -0.3 is 4.74 Å². The molecule has 102 valence electrons. The molecule has 2 rings (SSSR count). The van der Waals surface area contributed by atoms with E-state index in [0.29, 0.717) is 6.61 Å². The second kappa shape index (κ2) is 6.44. The Bertz CT molecular complexity index is 542. The van der Waals surface area contributed by atoms with Crippen LogP contribution in [0.15, 0.2) is 18.2 Å². The van der Waals surface area contributed by atoms with Crippen LogP contribution in [0, 0.1) is 13.8 Å². The zero-order valence-corrected chi connectivity index (χ0v) is 13.3. The van der Waals surface area contributed by atoms with Crippen molar-refractivity contribution in [2.45, 2.75) is 39.6 Å². The second-order valence-electron chi connectivity index (χ2n) is 4.55. The van der Waals surface area contributed by atoms with E-state index in [1.165, 1.54) is 16.0 Å². The van der Waals surface area contributed by atoms with Crippen LogP contribution in [0.2, 0.25) is 0 Å². The molecule has 2 nitrogen and oxygen atoms in total. The molecule has 0 aliphatic carbocycles. The zero-order chi connectivity index (χ0) is 13.8. The number of nitrogens with zero attached hydrogens (tertiary/aromatic N) is 1. The number of aromatic nitrogens is 1. The molecule has 2 aromatic rings. The molecule has 0 aliphatic heterocycles. The number of hydrogen-bond donors (Lipinski definition) is 1. The van der Waals surface area contributed by atoms with Gasteiger partial charge in [-0.1, -0.05) is 24.6 Å². The maximum absolute atomic E-state index is 5.86. The summed E-state index contributed by atoms with van der Waals surface area (Å²) in [6.45, 7) is 6.82. The summed E-state index contributed by atoms with van der Waals surface area (Å²) >= 11 is 6.04. The molecule has 1 aromatic heterocycles. The third-order valence-corrected chi connectivity index (χ3v) is 4.58. The van der Waals surface area contributed by atoms with Crippen LogP contribution < -0.4 is 4.74 Å². The fourth-order valence-corrected chi connectivity index (χ4v) is 3.31. The molecule has 0 aliphatic rings. The summed E-state index contributed by atoms with van der Waals surface area (Å²) < 4.78 is 5.86. The molecule has 1 heterocycles. The molecule has 4 heteroatoms. The lowest BCUT2D eigenvalue weighted by molar-refractivity contribution is 0.303. The van der Waals surface area contributed by atoms with E-state index in [1.807, 2.05) is 6.07 Å². The Labute approximate surface area is 124 Å². The van der Waals surface area contributed by atoms with E-state index in [1.54, 1.807) is 11.3 Å². The van der Waals surface area contributed by atoms with Gasteiger partial charge in [0.15, 0.2) is 0 Å². The highest BCUT2D eigenvalue weighted by Gasteiger charge is 2.09. The van der Waals surface area contributed by atoms with Crippen molar-refractivity contribution in [3.8, 4) is 5.75 Å². The van der Waals surface area contributed by atoms with E-state index in [9.17, 15) is 0 Å². The first-order chi connectivity index (χ1) is 9.13. The second-order valence-corrected chi connectivity index (χ2v) is 6.03. The predicted octanol–water partition coefficient (Wildman–Crippen LogP) is 4.33. The maximum atomic E-state index is 5.86. The SMILES string of the molecule is CCc1nc(COc2ccc(C)cc2C)sc1CS. The Balaban J connectivity index is 2.07. The molecule has 0 bridgehead atoms. The Morgan fingerprint density at radius 3 is 2.68 bits per heavy atom. The van der Waals surface area contributed by atoms with Crippen LogP contribution in [0.5, 0.6) is 5.75 Å². The normalized spacial score (nSPS) is 10.7. The van der Waals surface area contributed by atoms with Crippen molar-refractivity contribution in [1.29, 1.82) is 0 Å². The summed E-state index contributed by atoms with van der Waals surface area (Å²) in [6, 6.07) is 6.23. The summed E-state index contributed by atoms with van der Waals surface area (Å²) in [5.41, 5.74) is 3.57. The first-order valence-electron chi connectivity index (χ1n) is 6.42. The molecule has 1 aromatic carbocycles. The molecular weight excluding hydrogens is 274 g/mol. The highest BCUT2D eigenvalue weighted by molar-refractivity contribution is 7.79. The van der Waals surface area contributed by atoms with E-state index in [-0.39, 0.29) is 0 Å². The first kappa shape index (κ1) is 14.4. The maximum Gasteiger partial charge on any atom is 0.140 e. The van der Waals surface area contributed by atoms with Gasteiger partial charge in [-0.3, -0.25) is 0 Å². The fourth-order valence-electron chi connectivity index (χ4n) is 2.00. The number of hydrogen-bond acceptors (Lipinski definition) is 4. The molecule has 0 spiro atoms. The van der Waals surface area contributed by atoms with E-state index >= 15 is 0 Å². The summed E-state index contributed by atoms with van der Waals surface area (Å²) in [6.07, 6.45) is 0.954. The van der Waals surface area contributed by atoms with Gasteiger partial charge in [0.25, 0.3) is 0 Å². The molecular formula is C15H19NOS2. The zero-order valence-electron chi connectivity index (χ0n) is 11.6. The van der Waals surface area contributed by atoms with Crippen molar-refractivity contribution in [3.05, 3.63) is 44.9 Å². The van der Waals surface area contributed by atoms with Gasteiger partial charge in [-0.05, 0) is 31.9 Å². The Kier molecular flexibility index (Phi) is 4.88. The van der Waals surface area contributed by atoms with Gasteiger partial charge in [-0.2, -0.15) is 12.6 Å². The lowest BCUT2D eigenvalue weighted by atomic mass is 10.1. The van der Waals surface area contributed by atoms with Gasteiger partial charge in [0, 0.05) is 10.6 Å². The number of rotatable bonds is 5. The lowest BCUT2D eigenvalue weighted by Crippen LogP contribution is -1.97. The van der Waals surface area contributed by atoms with Crippen LogP contribution in [0.4, 0.5) is 0 Å². The van der Waals surface area contributed by atoms with Crippen molar-refractivity contribution in [3.63, 3.8) is 0 Å². The number of thiazole rings is 1. The average Bonchev–Trinajstić information content (AvgIpc) is 2.80. The fraction of sp³-hybridized carbons (Fsp3) is 0.400. The summed E-state index contributed by atoms with van der Waals surface area (Å²) in [5.74, 6) is 1.69. The Hall–Kier alpha value is -1.00. The van der Waals surface area contributed by atoms with Gasteiger partial charge in [0.2, 0.25) is 0 Å². The topological polar surface area (TPSA) is 22.1 Å². The van der Waals surface area contributed by atoms with Gasteiger partial charge in [-0.25, -0.2) is 4.98 Å². The largest absolute Gasteiger partial charge is 0.486 e. The smallest absolute Gasteiger partial charge is 0.140 e. The van der Waals surface area contributed by atoms with Gasteiger partial charge >= 0.3 is 0 Å². The van der Waals surface area contributed by atoms with Crippen molar-refractivity contribution in [1.82, 2.24) is 4.98 Å². The van der Waals surface area contributed by atoms with E-state index < -0.39 is 0 Å². The molecule has 19 heavy (non-hydrogen) atoms. The van der Waals surface area contributed by atoms with E-state index in [2.05, 4.69) is 50.5 Å². The minimum Gasteiger partial charge on any atom is -0.486 e. The van der Waals surface area contributed by atoms with Crippen LogP contribution in [0.1, 0.15) is 33.6 Å². The number of ether oxygens (including phenoxy) is 1. The monoisotopic (exact) mass is 293 g/mol. The minimum absolute atomic E-state index is 0.537. The molecule has 0 amide bonds. The van der Waals surface area contributed by atoms with Crippen molar-refractivity contribution in [2.75, 3.05) is 0 Å². The minimum atomic E-state index is 0.537. The molecule has 0 saturated heterocycles. The highest BCUT2D eigenvalue weighted by Crippen LogP contribution is 2.24. The number of aryl methyl sites for hydroxylation is 3. The van der Waals surface area contributed by atoms with Gasteiger partial charge in [-0.15, -0.1) is 11.3 Å². The average molecular weight is 293 g/mol. The first-order valence-corrected chi connectivity index (χ1v) is 7.87. The highest BCUT2D eigenvalue weighted by atomic mass is 32.1. The molecule has 0 unspecified atom stereocenters. The third-order valence-electron chi connectivity index (χ3n) is 2.98. The van der Waals surface area contributed by atoms with Crippen molar-refractivity contribution in [2.24, 2.45) is 0 Å². The van der Waals surface area contributed by atoms with Crippen LogP contribution in [0.25, 0.3) is 0 Å². The third kappa shape index (κ3) is 3.51. The van der Waals surface area contributed by atoms with Crippen LogP contribution in [-0.4, -0.2) is 4.98 Å². The predicted molar refractivity (Wildman–Crippen MR) is 84.4 cm³/mol. The summed E-state index contributed by atoms with van der Waals surface area (Å²) in [5, 5.41) is 1.03. The molecule has 0 N–H and O–H groups in total. The Morgan fingerprint density at radius 1 is 1.32 bits per heavy atom. The molecule has 0 atom stereocenters. The summed E-state index contributed by atoms with van der Waals surface area (Å²) in [4.78, 5) is 5.86. The van der Waals surface area contributed by atoms with Crippen LogP contribution in [0.3, 0.4) is 0 Å². The van der Waals surface area contributed by atoms with Crippen molar-refractivity contribution < 1.29 is 4.74 Å². The number of thiol groups is 1. The molecule has 0 fully saturated rings. The Morgan fingerprint density at radius 2 is 2.11 bits per heavy atom. The van der Waals surface area contributed by atoms with Crippen molar-refractivity contribution >= 4 is 24.0 Å². The molecule has 0 radical (unpaired) electrons. The standard InChI is InChI=1S/C15H19NOS2/c1-4-12-14(9-18)19-15(16-12)8-17-13-6-5-10(2)7-11(13)3/h5-7,18H,4,8-9H2,1-3H3. The van der Waals surface area contributed by atoms with E-state index in [4.69, 9.17) is 4.74 Å². The van der Waals surface area contributed by atoms with Crippen LogP contribution >= 0.6 is 24.0 Å². The van der Waals surface area contributed by atoms with Crippen LogP contribution in [-0.2, 0) is 18.8 Å². The van der Waals surface area contributed by atoms with Gasteiger partial charge in [0.1, 0.15) is 17.4 Å². The lowest BCUT2D eigenvalue weighted by Gasteiger charge is -2.08. The molecule has 0 saturated carbocycles.